The van der Waals surface area contributed by atoms with Gasteiger partial charge in [0, 0.05) is 12.1 Å². The highest BCUT2D eigenvalue weighted by Crippen LogP contribution is 2.27. The van der Waals surface area contributed by atoms with E-state index in [0.29, 0.717) is 6.61 Å². The summed E-state index contributed by atoms with van der Waals surface area (Å²) >= 11 is 0. The number of ether oxygens (including phenoxy) is 1. The molecule has 6 nitrogen and oxygen atoms in total. The first-order valence-electron chi connectivity index (χ1n) is 5.66. The summed E-state index contributed by atoms with van der Waals surface area (Å²) in [7, 11) is 0. The van der Waals surface area contributed by atoms with Crippen molar-refractivity contribution in [3.8, 4) is 0 Å². The van der Waals surface area contributed by atoms with Gasteiger partial charge in [0.1, 0.15) is 0 Å². The molecule has 4 unspecified atom stereocenters. The molecular formula is C11H20N2O4. The van der Waals surface area contributed by atoms with Gasteiger partial charge in [-0.05, 0) is 20.8 Å². The fourth-order valence-corrected chi connectivity index (χ4v) is 1.63. The summed E-state index contributed by atoms with van der Waals surface area (Å²) < 4.78 is 5.18. The first-order valence-corrected chi connectivity index (χ1v) is 5.66. The lowest BCUT2D eigenvalue weighted by atomic mass is 9.84. The first-order chi connectivity index (χ1) is 7.79. The lowest BCUT2D eigenvalue weighted by Crippen LogP contribution is -2.53. The van der Waals surface area contributed by atoms with Crippen molar-refractivity contribution in [1.82, 2.24) is 5.32 Å². The van der Waals surface area contributed by atoms with Crippen molar-refractivity contribution in [3.63, 3.8) is 0 Å². The number of carbonyl (C=O) groups excluding carboxylic acids is 1. The van der Waals surface area contributed by atoms with Crippen LogP contribution in [0.1, 0.15) is 20.8 Å². The minimum absolute atomic E-state index is 0.247. The standard InChI is InChI=1S/C11H20N2O4/c1-6(9(14)15)7(2)13-10(16)11(3)5-17-4-8(11)12/h6-8H,4-5,12H2,1-3H3,(H,13,16)(H,14,15). The summed E-state index contributed by atoms with van der Waals surface area (Å²) in [5.74, 6) is -1.82. The molecule has 4 N–H and O–H groups in total. The molecule has 98 valence electrons. The van der Waals surface area contributed by atoms with Crippen molar-refractivity contribution in [2.45, 2.75) is 32.9 Å². The van der Waals surface area contributed by atoms with Crippen molar-refractivity contribution in [3.05, 3.63) is 0 Å². The van der Waals surface area contributed by atoms with Gasteiger partial charge in [-0.25, -0.2) is 0 Å². The van der Waals surface area contributed by atoms with E-state index in [2.05, 4.69) is 5.32 Å². The molecule has 6 heteroatoms. The number of amides is 1. The van der Waals surface area contributed by atoms with Crippen LogP contribution in [-0.2, 0) is 14.3 Å². The van der Waals surface area contributed by atoms with Crippen LogP contribution >= 0.6 is 0 Å². The molecule has 0 radical (unpaired) electrons. The number of nitrogens with two attached hydrogens (primary N) is 1. The van der Waals surface area contributed by atoms with Gasteiger partial charge < -0.3 is 20.9 Å². The highest BCUT2D eigenvalue weighted by Gasteiger charge is 2.45. The minimum atomic E-state index is -0.935. The highest BCUT2D eigenvalue weighted by molar-refractivity contribution is 5.84. The van der Waals surface area contributed by atoms with Crippen LogP contribution in [0.3, 0.4) is 0 Å². The maximum atomic E-state index is 12.1. The van der Waals surface area contributed by atoms with E-state index in [0.717, 1.165) is 0 Å². The van der Waals surface area contributed by atoms with Gasteiger partial charge in [0.15, 0.2) is 0 Å². The van der Waals surface area contributed by atoms with Gasteiger partial charge in [0.25, 0.3) is 0 Å². The van der Waals surface area contributed by atoms with E-state index < -0.39 is 23.3 Å². The molecule has 0 aromatic rings. The van der Waals surface area contributed by atoms with Crippen LogP contribution in [0.25, 0.3) is 0 Å². The second-order valence-electron chi connectivity index (χ2n) is 4.93. The molecule has 0 aromatic heterocycles. The Morgan fingerprint density at radius 3 is 2.53 bits per heavy atom. The van der Waals surface area contributed by atoms with Gasteiger partial charge >= 0.3 is 5.97 Å². The summed E-state index contributed by atoms with van der Waals surface area (Å²) in [5, 5.41) is 11.5. The number of carboxylic acids is 1. The molecule has 1 aliphatic heterocycles. The largest absolute Gasteiger partial charge is 0.481 e. The van der Waals surface area contributed by atoms with Crippen molar-refractivity contribution in [2.75, 3.05) is 13.2 Å². The molecule has 0 spiro atoms. The number of rotatable bonds is 4. The number of hydrogen-bond donors (Lipinski definition) is 3. The van der Waals surface area contributed by atoms with Crippen molar-refractivity contribution in [1.29, 1.82) is 0 Å². The Hall–Kier alpha value is -1.14. The van der Waals surface area contributed by atoms with Gasteiger partial charge in [0.05, 0.1) is 24.5 Å². The Bertz CT molecular complexity index is 321. The Balaban J connectivity index is 2.63. The fraction of sp³-hybridized carbons (Fsp3) is 0.818. The molecular weight excluding hydrogens is 224 g/mol. The van der Waals surface area contributed by atoms with Crippen LogP contribution in [0.15, 0.2) is 0 Å². The summed E-state index contributed by atoms with van der Waals surface area (Å²) in [6.07, 6.45) is 0. The average molecular weight is 244 g/mol. The molecule has 17 heavy (non-hydrogen) atoms. The Kier molecular flexibility index (Phi) is 4.11. The Morgan fingerprint density at radius 2 is 2.12 bits per heavy atom. The molecule has 1 aliphatic rings. The molecule has 0 aromatic carbocycles. The van der Waals surface area contributed by atoms with Crippen molar-refractivity contribution < 1.29 is 19.4 Å². The Morgan fingerprint density at radius 1 is 1.53 bits per heavy atom. The normalized spacial score (nSPS) is 31.9. The zero-order chi connectivity index (χ0) is 13.2. The quantitative estimate of drug-likeness (QED) is 0.623. The van der Waals surface area contributed by atoms with Gasteiger partial charge in [-0.2, -0.15) is 0 Å². The van der Waals surface area contributed by atoms with E-state index in [4.69, 9.17) is 15.6 Å². The SMILES string of the molecule is CC(NC(=O)C1(C)COCC1N)C(C)C(=O)O. The second kappa shape index (κ2) is 5.01. The predicted molar refractivity (Wildman–Crippen MR) is 61.3 cm³/mol. The predicted octanol–water partition coefficient (Wildman–Crippen LogP) is -0.424. The van der Waals surface area contributed by atoms with E-state index >= 15 is 0 Å². The average Bonchev–Trinajstić information content (AvgIpc) is 2.59. The van der Waals surface area contributed by atoms with E-state index in [1.54, 1.807) is 20.8 Å². The maximum absolute atomic E-state index is 12.1. The molecule has 0 bridgehead atoms. The summed E-state index contributed by atoms with van der Waals surface area (Å²) in [6, 6.07) is -0.792. The molecule has 1 amide bonds. The van der Waals surface area contributed by atoms with Gasteiger partial charge in [0.2, 0.25) is 5.91 Å². The van der Waals surface area contributed by atoms with Crippen LogP contribution in [-0.4, -0.2) is 42.3 Å². The zero-order valence-electron chi connectivity index (χ0n) is 10.4. The zero-order valence-corrected chi connectivity index (χ0v) is 10.4. The summed E-state index contributed by atoms with van der Waals surface area (Å²) in [5.41, 5.74) is 5.05. The number of carbonyl (C=O) groups is 2. The molecule has 1 heterocycles. The van der Waals surface area contributed by atoms with E-state index in [1.165, 1.54) is 0 Å². The van der Waals surface area contributed by atoms with E-state index in [-0.39, 0.29) is 18.6 Å². The molecule has 1 saturated heterocycles. The number of nitrogens with one attached hydrogen (secondary N) is 1. The van der Waals surface area contributed by atoms with Crippen LogP contribution in [0.2, 0.25) is 0 Å². The monoisotopic (exact) mass is 244 g/mol. The van der Waals surface area contributed by atoms with Crippen LogP contribution in [0, 0.1) is 11.3 Å². The van der Waals surface area contributed by atoms with Crippen LogP contribution < -0.4 is 11.1 Å². The maximum Gasteiger partial charge on any atom is 0.308 e. The summed E-state index contributed by atoms with van der Waals surface area (Å²) in [6.45, 7) is 5.58. The fourth-order valence-electron chi connectivity index (χ4n) is 1.63. The van der Waals surface area contributed by atoms with Crippen LogP contribution in [0.4, 0.5) is 0 Å². The topological polar surface area (TPSA) is 102 Å². The smallest absolute Gasteiger partial charge is 0.308 e. The number of aliphatic carboxylic acids is 1. The lowest BCUT2D eigenvalue weighted by molar-refractivity contribution is -0.142. The van der Waals surface area contributed by atoms with Gasteiger partial charge in [-0.3, -0.25) is 9.59 Å². The van der Waals surface area contributed by atoms with Crippen LogP contribution in [0.5, 0.6) is 0 Å². The third-order valence-corrected chi connectivity index (χ3v) is 3.53. The molecule has 1 fully saturated rings. The second-order valence-corrected chi connectivity index (χ2v) is 4.93. The van der Waals surface area contributed by atoms with E-state index in [9.17, 15) is 9.59 Å². The number of hydrogen-bond acceptors (Lipinski definition) is 4. The third-order valence-electron chi connectivity index (χ3n) is 3.53. The number of carboxylic acid groups (broad SMARTS) is 1. The summed E-state index contributed by atoms with van der Waals surface area (Å²) in [4.78, 5) is 22.8. The molecule has 0 aliphatic carbocycles. The lowest BCUT2D eigenvalue weighted by Gasteiger charge is -2.28. The highest BCUT2D eigenvalue weighted by atomic mass is 16.5. The van der Waals surface area contributed by atoms with Crippen molar-refractivity contribution >= 4 is 11.9 Å². The molecule has 1 rings (SSSR count). The minimum Gasteiger partial charge on any atom is -0.481 e. The molecule has 4 atom stereocenters. The van der Waals surface area contributed by atoms with Gasteiger partial charge in [-0.15, -0.1) is 0 Å². The van der Waals surface area contributed by atoms with Crippen molar-refractivity contribution in [2.24, 2.45) is 17.1 Å². The Labute approximate surface area is 101 Å². The van der Waals surface area contributed by atoms with E-state index in [1.807, 2.05) is 0 Å². The third kappa shape index (κ3) is 2.76. The van der Waals surface area contributed by atoms with Gasteiger partial charge in [-0.1, -0.05) is 0 Å². The molecule has 0 saturated carbocycles. The first kappa shape index (κ1) is 13.9.